The first-order chi connectivity index (χ1) is 8.75. The van der Waals surface area contributed by atoms with Gasteiger partial charge < -0.3 is 4.90 Å². The van der Waals surface area contributed by atoms with Crippen molar-refractivity contribution in [2.75, 3.05) is 20.1 Å². The summed E-state index contributed by atoms with van der Waals surface area (Å²) in [4.78, 5) is 7.54. The average Bonchev–Trinajstić information content (AvgIpc) is 2.91. The van der Waals surface area contributed by atoms with E-state index in [0.717, 1.165) is 19.5 Å². The molecule has 0 saturated heterocycles. The molecule has 0 spiro atoms. The fourth-order valence-corrected chi connectivity index (χ4v) is 2.95. The summed E-state index contributed by atoms with van der Waals surface area (Å²) >= 11 is 8.10. The van der Waals surface area contributed by atoms with Crippen molar-refractivity contribution in [3.05, 3.63) is 52.5 Å². The zero-order valence-corrected chi connectivity index (χ0v) is 12.0. The van der Waals surface area contributed by atoms with Gasteiger partial charge in [-0.1, -0.05) is 6.07 Å². The highest BCUT2D eigenvalue weighted by Gasteiger charge is 2.11. The molecule has 0 aliphatic heterocycles. The Balaban J connectivity index is 1.77. The second-order valence-electron chi connectivity index (χ2n) is 4.35. The van der Waals surface area contributed by atoms with E-state index in [1.54, 1.807) is 11.3 Å². The number of nitrogens with zero attached hydrogens (tertiary/aromatic N) is 2. The molecule has 96 valence electrons. The van der Waals surface area contributed by atoms with Gasteiger partial charge in [0.2, 0.25) is 0 Å². The van der Waals surface area contributed by atoms with Crippen LogP contribution in [0.25, 0.3) is 0 Å². The summed E-state index contributed by atoms with van der Waals surface area (Å²) in [7, 11) is 2.12. The van der Waals surface area contributed by atoms with Crippen molar-refractivity contribution < 1.29 is 0 Å². The first-order valence-corrected chi connectivity index (χ1v) is 7.32. The standard InChI is InChI=1S/C14H17ClN2S/c1-17(9-6-12-4-7-16-8-5-12)11-13(15)14-3-2-10-18-14/h2-5,7-8,10,13H,6,9,11H2,1H3. The largest absolute Gasteiger partial charge is 0.304 e. The van der Waals surface area contributed by atoms with Crippen LogP contribution < -0.4 is 0 Å². The summed E-state index contributed by atoms with van der Waals surface area (Å²) in [6.07, 6.45) is 4.71. The number of hydrogen-bond donors (Lipinski definition) is 0. The van der Waals surface area contributed by atoms with Gasteiger partial charge in [0.25, 0.3) is 0 Å². The number of hydrogen-bond acceptors (Lipinski definition) is 3. The van der Waals surface area contributed by atoms with Gasteiger partial charge in [-0.25, -0.2) is 0 Å². The van der Waals surface area contributed by atoms with Crippen molar-refractivity contribution in [2.24, 2.45) is 0 Å². The Kier molecular flexibility index (Phi) is 5.17. The Labute approximate surface area is 117 Å². The molecule has 0 saturated carbocycles. The lowest BCUT2D eigenvalue weighted by molar-refractivity contribution is 0.339. The van der Waals surface area contributed by atoms with Crippen LogP contribution in [0.1, 0.15) is 15.8 Å². The van der Waals surface area contributed by atoms with E-state index in [0.29, 0.717) is 0 Å². The van der Waals surface area contributed by atoms with Crippen LogP contribution in [0.4, 0.5) is 0 Å². The van der Waals surface area contributed by atoms with E-state index in [-0.39, 0.29) is 5.38 Å². The summed E-state index contributed by atoms with van der Waals surface area (Å²) < 4.78 is 0. The molecular formula is C14H17ClN2S. The molecule has 1 unspecified atom stereocenters. The number of likely N-dealkylation sites (N-methyl/N-ethyl adjacent to an activating group) is 1. The summed E-state index contributed by atoms with van der Waals surface area (Å²) in [6, 6.07) is 8.27. The second kappa shape index (κ2) is 6.88. The summed E-state index contributed by atoms with van der Waals surface area (Å²) in [5, 5.41) is 2.16. The Hall–Kier alpha value is -0.900. The Morgan fingerprint density at radius 3 is 2.78 bits per heavy atom. The molecule has 2 aromatic heterocycles. The highest BCUT2D eigenvalue weighted by atomic mass is 35.5. The molecule has 0 aliphatic rings. The van der Waals surface area contributed by atoms with Crippen molar-refractivity contribution in [2.45, 2.75) is 11.8 Å². The minimum atomic E-state index is 0.0902. The molecule has 0 N–H and O–H groups in total. The average molecular weight is 281 g/mol. The van der Waals surface area contributed by atoms with Crippen molar-refractivity contribution in [1.29, 1.82) is 0 Å². The number of aromatic nitrogens is 1. The van der Waals surface area contributed by atoms with E-state index >= 15 is 0 Å². The van der Waals surface area contributed by atoms with Crippen LogP contribution >= 0.6 is 22.9 Å². The zero-order chi connectivity index (χ0) is 12.8. The van der Waals surface area contributed by atoms with Gasteiger partial charge in [-0.15, -0.1) is 22.9 Å². The molecule has 0 radical (unpaired) electrons. The molecule has 0 aliphatic carbocycles. The zero-order valence-electron chi connectivity index (χ0n) is 10.4. The van der Waals surface area contributed by atoms with Crippen LogP contribution in [0, 0.1) is 0 Å². The maximum atomic E-state index is 6.38. The highest BCUT2D eigenvalue weighted by Crippen LogP contribution is 2.25. The predicted molar refractivity (Wildman–Crippen MR) is 78.4 cm³/mol. The van der Waals surface area contributed by atoms with Crippen LogP contribution in [0.3, 0.4) is 0 Å². The first kappa shape index (κ1) is 13.5. The van der Waals surface area contributed by atoms with E-state index < -0.39 is 0 Å². The third-order valence-corrected chi connectivity index (χ3v) is 4.34. The number of alkyl halides is 1. The van der Waals surface area contributed by atoms with Crippen LogP contribution in [0.2, 0.25) is 0 Å². The number of pyridine rings is 1. The predicted octanol–water partition coefficient (Wildman–Crippen LogP) is 3.60. The molecule has 2 nitrogen and oxygen atoms in total. The van der Waals surface area contributed by atoms with Gasteiger partial charge in [0.05, 0.1) is 5.38 Å². The smallest absolute Gasteiger partial charge is 0.0805 e. The quantitative estimate of drug-likeness (QED) is 0.752. The van der Waals surface area contributed by atoms with Gasteiger partial charge in [-0.3, -0.25) is 4.98 Å². The maximum Gasteiger partial charge on any atom is 0.0805 e. The van der Waals surface area contributed by atoms with Crippen LogP contribution in [-0.4, -0.2) is 30.0 Å². The molecule has 2 rings (SSSR count). The van der Waals surface area contributed by atoms with E-state index in [2.05, 4.69) is 40.5 Å². The van der Waals surface area contributed by atoms with Gasteiger partial charge in [0.15, 0.2) is 0 Å². The number of rotatable bonds is 6. The fraction of sp³-hybridized carbons (Fsp3) is 0.357. The fourth-order valence-electron chi connectivity index (χ4n) is 1.79. The molecule has 0 aromatic carbocycles. The maximum absolute atomic E-state index is 6.38. The first-order valence-electron chi connectivity index (χ1n) is 6.00. The van der Waals surface area contributed by atoms with E-state index in [1.807, 2.05) is 18.5 Å². The van der Waals surface area contributed by atoms with Gasteiger partial charge in [-0.2, -0.15) is 0 Å². The molecular weight excluding hydrogens is 264 g/mol. The molecule has 0 bridgehead atoms. The van der Waals surface area contributed by atoms with Crippen molar-refractivity contribution in [3.63, 3.8) is 0 Å². The highest BCUT2D eigenvalue weighted by molar-refractivity contribution is 7.10. The lowest BCUT2D eigenvalue weighted by Crippen LogP contribution is -2.24. The van der Waals surface area contributed by atoms with E-state index in [1.165, 1.54) is 10.4 Å². The molecule has 0 fully saturated rings. The summed E-state index contributed by atoms with van der Waals surface area (Å²) in [6.45, 7) is 1.89. The van der Waals surface area contributed by atoms with Crippen LogP contribution in [0.5, 0.6) is 0 Å². The van der Waals surface area contributed by atoms with Crippen molar-refractivity contribution in [1.82, 2.24) is 9.88 Å². The minimum absolute atomic E-state index is 0.0902. The minimum Gasteiger partial charge on any atom is -0.304 e. The van der Waals surface area contributed by atoms with E-state index in [9.17, 15) is 0 Å². The van der Waals surface area contributed by atoms with E-state index in [4.69, 9.17) is 11.6 Å². The van der Waals surface area contributed by atoms with Gasteiger partial charge in [0, 0.05) is 30.4 Å². The lowest BCUT2D eigenvalue weighted by atomic mass is 10.2. The monoisotopic (exact) mass is 280 g/mol. The second-order valence-corrected chi connectivity index (χ2v) is 5.86. The molecule has 2 heterocycles. The van der Waals surface area contributed by atoms with Crippen LogP contribution in [0.15, 0.2) is 42.0 Å². The Morgan fingerprint density at radius 2 is 2.11 bits per heavy atom. The Bertz CT molecular complexity index is 444. The number of thiophene rings is 1. The van der Waals surface area contributed by atoms with Gasteiger partial charge in [0.1, 0.15) is 0 Å². The molecule has 2 aromatic rings. The Morgan fingerprint density at radius 1 is 1.33 bits per heavy atom. The number of halogens is 1. The van der Waals surface area contributed by atoms with Gasteiger partial charge in [-0.05, 0) is 42.6 Å². The van der Waals surface area contributed by atoms with Crippen molar-refractivity contribution in [3.8, 4) is 0 Å². The molecule has 0 amide bonds. The molecule has 18 heavy (non-hydrogen) atoms. The molecule has 4 heteroatoms. The summed E-state index contributed by atoms with van der Waals surface area (Å²) in [5.41, 5.74) is 1.32. The lowest BCUT2D eigenvalue weighted by Gasteiger charge is -2.19. The van der Waals surface area contributed by atoms with Gasteiger partial charge >= 0.3 is 0 Å². The third-order valence-electron chi connectivity index (χ3n) is 2.86. The van der Waals surface area contributed by atoms with Crippen LogP contribution in [-0.2, 0) is 6.42 Å². The SMILES string of the molecule is CN(CCc1ccncc1)CC(Cl)c1cccs1. The summed E-state index contributed by atoms with van der Waals surface area (Å²) in [5.74, 6) is 0. The normalized spacial score (nSPS) is 12.8. The molecule has 1 atom stereocenters. The topological polar surface area (TPSA) is 16.1 Å². The third kappa shape index (κ3) is 4.09. The van der Waals surface area contributed by atoms with Crippen molar-refractivity contribution >= 4 is 22.9 Å².